The monoisotopic (exact) mass is 308 g/mol. The first-order valence-electron chi connectivity index (χ1n) is 5.90. The van der Waals surface area contributed by atoms with Crippen LogP contribution in [-0.2, 0) is 0 Å². The number of ketones is 1. The molecule has 22 heavy (non-hydrogen) atoms. The van der Waals surface area contributed by atoms with E-state index in [2.05, 4.69) is 0 Å². The minimum absolute atomic E-state index is 0.277. The van der Waals surface area contributed by atoms with Crippen LogP contribution in [0.15, 0.2) is 18.2 Å². The van der Waals surface area contributed by atoms with Crippen LogP contribution in [0.25, 0.3) is 0 Å². The first-order valence-corrected chi connectivity index (χ1v) is 5.90. The normalized spacial score (nSPS) is 10.4. The molecule has 0 fully saturated rings. The fourth-order valence-electron chi connectivity index (χ4n) is 1.85. The highest BCUT2D eigenvalue weighted by molar-refractivity contribution is 6.13. The highest BCUT2D eigenvalue weighted by Gasteiger charge is 2.25. The predicted octanol–water partition coefficient (Wildman–Crippen LogP) is 1.16. The third-order valence-electron chi connectivity index (χ3n) is 3.05. The standard InChI is InChI=1S/C14H12O8/c1-22-8-4-6(11(18)14(21)13(8)20)9(16)5-2-3-7(15)12(19)10(5)17/h2-4,15,17-21H,1H3. The quantitative estimate of drug-likeness (QED) is 0.365. The topological polar surface area (TPSA) is 148 Å². The van der Waals surface area contributed by atoms with E-state index in [1.54, 1.807) is 0 Å². The molecule has 6 N–H and O–H groups in total. The minimum atomic E-state index is -0.973. The molecule has 0 heterocycles. The molecule has 2 aromatic carbocycles. The lowest BCUT2D eigenvalue weighted by Crippen LogP contribution is -2.03. The lowest BCUT2D eigenvalue weighted by Gasteiger charge is -2.12. The van der Waals surface area contributed by atoms with Gasteiger partial charge in [0, 0.05) is 0 Å². The number of carbonyl (C=O) groups excluding carboxylic acids is 1. The summed E-state index contributed by atoms with van der Waals surface area (Å²) in [5.41, 5.74) is -0.912. The van der Waals surface area contributed by atoms with Crippen LogP contribution in [0.2, 0.25) is 0 Å². The zero-order chi connectivity index (χ0) is 16.6. The molecule has 0 saturated heterocycles. The Labute approximate surface area is 123 Å². The van der Waals surface area contributed by atoms with Crippen molar-refractivity contribution in [2.24, 2.45) is 0 Å². The van der Waals surface area contributed by atoms with Gasteiger partial charge in [-0.25, -0.2) is 0 Å². The number of hydrogen-bond donors (Lipinski definition) is 6. The Morgan fingerprint density at radius 1 is 0.818 bits per heavy atom. The molecule has 0 aliphatic rings. The van der Waals surface area contributed by atoms with Crippen LogP contribution in [0.5, 0.6) is 40.2 Å². The van der Waals surface area contributed by atoms with Crippen LogP contribution < -0.4 is 4.74 Å². The molecule has 0 atom stereocenters. The second kappa shape index (κ2) is 5.24. The van der Waals surface area contributed by atoms with Crippen molar-refractivity contribution in [3.8, 4) is 40.2 Å². The Morgan fingerprint density at radius 3 is 2.00 bits per heavy atom. The van der Waals surface area contributed by atoms with Crippen molar-refractivity contribution in [1.29, 1.82) is 0 Å². The Morgan fingerprint density at radius 2 is 1.41 bits per heavy atom. The molecule has 116 valence electrons. The molecule has 0 aliphatic heterocycles. The maximum Gasteiger partial charge on any atom is 0.205 e. The van der Waals surface area contributed by atoms with Gasteiger partial charge in [-0.15, -0.1) is 0 Å². The van der Waals surface area contributed by atoms with Crippen LogP contribution in [0.4, 0.5) is 0 Å². The van der Waals surface area contributed by atoms with Gasteiger partial charge in [0.25, 0.3) is 0 Å². The highest BCUT2D eigenvalue weighted by Crippen LogP contribution is 2.46. The van der Waals surface area contributed by atoms with E-state index in [1.807, 2.05) is 0 Å². The Hall–Kier alpha value is -3.29. The molecule has 2 rings (SSSR count). The summed E-state index contributed by atoms with van der Waals surface area (Å²) in [6.07, 6.45) is 0. The van der Waals surface area contributed by atoms with Crippen LogP contribution in [-0.4, -0.2) is 43.5 Å². The molecule has 0 unspecified atom stereocenters. The predicted molar refractivity (Wildman–Crippen MR) is 72.9 cm³/mol. The molecule has 8 nitrogen and oxygen atoms in total. The second-order valence-electron chi connectivity index (χ2n) is 4.33. The average Bonchev–Trinajstić information content (AvgIpc) is 2.50. The van der Waals surface area contributed by atoms with Gasteiger partial charge in [0.05, 0.1) is 18.2 Å². The molecule has 0 radical (unpaired) electrons. The largest absolute Gasteiger partial charge is 0.504 e. The molecular weight excluding hydrogens is 296 g/mol. The number of methoxy groups -OCH3 is 1. The summed E-state index contributed by atoms with van der Waals surface area (Å²) >= 11 is 0. The van der Waals surface area contributed by atoms with Gasteiger partial charge >= 0.3 is 0 Å². The summed E-state index contributed by atoms with van der Waals surface area (Å²) < 4.78 is 4.76. The van der Waals surface area contributed by atoms with E-state index in [0.29, 0.717) is 0 Å². The highest BCUT2D eigenvalue weighted by atomic mass is 16.5. The van der Waals surface area contributed by atoms with E-state index in [-0.39, 0.29) is 5.75 Å². The van der Waals surface area contributed by atoms with Gasteiger partial charge in [-0.3, -0.25) is 4.79 Å². The molecule has 0 aliphatic carbocycles. The Kier molecular flexibility index (Phi) is 3.60. The number of benzene rings is 2. The van der Waals surface area contributed by atoms with Crippen molar-refractivity contribution in [3.63, 3.8) is 0 Å². The molecule has 0 saturated carbocycles. The molecule has 8 heteroatoms. The summed E-state index contributed by atoms with van der Waals surface area (Å²) in [6, 6.07) is 2.94. The lowest BCUT2D eigenvalue weighted by molar-refractivity contribution is 0.103. The smallest absolute Gasteiger partial charge is 0.205 e. The second-order valence-corrected chi connectivity index (χ2v) is 4.33. The molecule has 0 spiro atoms. The van der Waals surface area contributed by atoms with Crippen molar-refractivity contribution in [2.75, 3.05) is 7.11 Å². The van der Waals surface area contributed by atoms with E-state index in [0.717, 1.165) is 18.2 Å². The van der Waals surface area contributed by atoms with Crippen LogP contribution in [0.3, 0.4) is 0 Å². The maximum atomic E-state index is 12.3. The van der Waals surface area contributed by atoms with E-state index >= 15 is 0 Å². The van der Waals surface area contributed by atoms with Crippen molar-refractivity contribution < 1.29 is 40.2 Å². The number of rotatable bonds is 3. The third kappa shape index (κ3) is 2.16. The summed E-state index contributed by atoms with van der Waals surface area (Å²) in [5, 5.41) is 57.2. The number of phenols is 6. The fraction of sp³-hybridized carbons (Fsp3) is 0.0714. The number of ether oxygens (including phenoxy) is 1. The van der Waals surface area contributed by atoms with E-state index < -0.39 is 51.4 Å². The summed E-state index contributed by atoms with van der Waals surface area (Å²) in [4.78, 5) is 12.3. The van der Waals surface area contributed by atoms with Crippen LogP contribution >= 0.6 is 0 Å². The molecule has 0 bridgehead atoms. The Bertz CT molecular complexity index is 766. The van der Waals surface area contributed by atoms with Crippen molar-refractivity contribution in [1.82, 2.24) is 0 Å². The maximum absolute atomic E-state index is 12.3. The number of hydrogen-bond acceptors (Lipinski definition) is 8. The summed E-state index contributed by atoms with van der Waals surface area (Å²) in [6.45, 7) is 0. The van der Waals surface area contributed by atoms with Gasteiger partial charge < -0.3 is 35.4 Å². The van der Waals surface area contributed by atoms with Crippen LogP contribution in [0.1, 0.15) is 15.9 Å². The molecule has 0 amide bonds. The van der Waals surface area contributed by atoms with Crippen molar-refractivity contribution in [2.45, 2.75) is 0 Å². The van der Waals surface area contributed by atoms with E-state index in [4.69, 9.17) is 4.74 Å². The van der Waals surface area contributed by atoms with Gasteiger partial charge in [0.1, 0.15) is 0 Å². The first kappa shape index (κ1) is 15.1. The molecule has 0 aromatic heterocycles. The zero-order valence-corrected chi connectivity index (χ0v) is 11.2. The van der Waals surface area contributed by atoms with Crippen LogP contribution in [0, 0.1) is 0 Å². The fourth-order valence-corrected chi connectivity index (χ4v) is 1.85. The van der Waals surface area contributed by atoms with Crippen molar-refractivity contribution >= 4 is 5.78 Å². The number of carbonyl (C=O) groups is 1. The van der Waals surface area contributed by atoms with Gasteiger partial charge in [0.2, 0.25) is 23.0 Å². The van der Waals surface area contributed by atoms with Gasteiger partial charge in [-0.2, -0.15) is 0 Å². The van der Waals surface area contributed by atoms with Gasteiger partial charge in [-0.05, 0) is 18.2 Å². The van der Waals surface area contributed by atoms with E-state index in [9.17, 15) is 35.4 Å². The molecular formula is C14H12O8. The summed E-state index contributed by atoms with van der Waals surface area (Å²) in [5.74, 6) is -6.32. The van der Waals surface area contributed by atoms with Crippen molar-refractivity contribution in [3.05, 3.63) is 29.3 Å². The van der Waals surface area contributed by atoms with Gasteiger partial charge in [-0.1, -0.05) is 0 Å². The minimum Gasteiger partial charge on any atom is -0.504 e. The first-order chi connectivity index (χ1) is 10.3. The zero-order valence-electron chi connectivity index (χ0n) is 11.2. The third-order valence-corrected chi connectivity index (χ3v) is 3.05. The Balaban J connectivity index is 2.65. The van der Waals surface area contributed by atoms with Gasteiger partial charge in [0.15, 0.2) is 23.0 Å². The number of phenolic OH excluding ortho intramolecular Hbond substituents is 6. The SMILES string of the molecule is COc1cc(C(=O)c2ccc(O)c(O)c2O)c(O)c(O)c1O. The van der Waals surface area contributed by atoms with E-state index in [1.165, 1.54) is 7.11 Å². The lowest BCUT2D eigenvalue weighted by atomic mass is 9.99. The molecule has 2 aromatic rings. The summed E-state index contributed by atoms with van der Waals surface area (Å²) in [7, 11) is 1.17. The number of aromatic hydroxyl groups is 6. The average molecular weight is 308 g/mol.